The predicted molar refractivity (Wildman–Crippen MR) is 76.7 cm³/mol. The van der Waals surface area contributed by atoms with E-state index in [0.29, 0.717) is 6.42 Å². The summed E-state index contributed by atoms with van der Waals surface area (Å²) in [4.78, 5) is 15.3. The van der Waals surface area contributed by atoms with Crippen LogP contribution in [0.2, 0.25) is 0 Å². The molecule has 0 radical (unpaired) electrons. The van der Waals surface area contributed by atoms with Gasteiger partial charge in [-0.3, -0.25) is 4.79 Å². The van der Waals surface area contributed by atoms with Gasteiger partial charge in [-0.15, -0.1) is 0 Å². The monoisotopic (exact) mass is 249 g/mol. The molecule has 0 saturated carbocycles. The van der Waals surface area contributed by atoms with Gasteiger partial charge in [-0.2, -0.15) is 0 Å². The Bertz CT molecular complexity index is 390. The summed E-state index contributed by atoms with van der Waals surface area (Å²) >= 11 is 0. The van der Waals surface area contributed by atoms with Crippen LogP contribution < -0.4 is 10.6 Å². The maximum absolute atomic E-state index is 11.5. The van der Waals surface area contributed by atoms with Crippen molar-refractivity contribution in [2.24, 2.45) is 0 Å². The summed E-state index contributed by atoms with van der Waals surface area (Å²) in [5.41, 5.74) is 7.80. The highest BCUT2D eigenvalue weighted by molar-refractivity contribution is 5.75. The standard InChI is InChI=1S/C14H23N3O/c1-4-17(11-7-10-14(18)16(2)3)13-9-6-5-8-12(13)15/h5-6,8-9H,4,7,10-11,15H2,1-3H3. The van der Waals surface area contributed by atoms with Crippen molar-refractivity contribution in [2.45, 2.75) is 19.8 Å². The molecule has 0 saturated heterocycles. The van der Waals surface area contributed by atoms with Crippen LogP contribution in [0, 0.1) is 0 Å². The van der Waals surface area contributed by atoms with E-state index in [2.05, 4.69) is 11.8 Å². The van der Waals surface area contributed by atoms with Crippen LogP contribution >= 0.6 is 0 Å². The van der Waals surface area contributed by atoms with Crippen LogP contribution in [0.1, 0.15) is 19.8 Å². The van der Waals surface area contributed by atoms with Gasteiger partial charge in [-0.25, -0.2) is 0 Å². The molecular formula is C14H23N3O. The van der Waals surface area contributed by atoms with Crippen molar-refractivity contribution in [3.05, 3.63) is 24.3 Å². The second-order valence-corrected chi connectivity index (χ2v) is 4.53. The molecule has 4 heteroatoms. The lowest BCUT2D eigenvalue weighted by Gasteiger charge is -2.24. The van der Waals surface area contributed by atoms with Crippen LogP contribution in [0.15, 0.2) is 24.3 Å². The number of hydrogen-bond acceptors (Lipinski definition) is 3. The number of nitrogens with two attached hydrogens (primary N) is 1. The molecule has 2 N–H and O–H groups in total. The molecule has 0 atom stereocenters. The van der Waals surface area contributed by atoms with Crippen molar-refractivity contribution in [1.82, 2.24) is 4.90 Å². The molecule has 0 aliphatic carbocycles. The van der Waals surface area contributed by atoms with E-state index >= 15 is 0 Å². The Kier molecular flexibility index (Phi) is 5.49. The Morgan fingerprint density at radius 2 is 1.94 bits per heavy atom. The first kappa shape index (κ1) is 14.4. The summed E-state index contributed by atoms with van der Waals surface area (Å²) in [6.45, 7) is 3.84. The minimum atomic E-state index is 0.173. The average Bonchev–Trinajstić information content (AvgIpc) is 2.35. The zero-order valence-corrected chi connectivity index (χ0v) is 11.5. The van der Waals surface area contributed by atoms with Crippen LogP contribution in [0.5, 0.6) is 0 Å². The maximum atomic E-state index is 11.5. The lowest BCUT2D eigenvalue weighted by molar-refractivity contribution is -0.128. The maximum Gasteiger partial charge on any atom is 0.222 e. The quantitative estimate of drug-likeness (QED) is 0.784. The summed E-state index contributed by atoms with van der Waals surface area (Å²) in [6.07, 6.45) is 1.43. The molecule has 4 nitrogen and oxygen atoms in total. The first-order valence-electron chi connectivity index (χ1n) is 6.35. The number of anilines is 2. The van der Waals surface area contributed by atoms with Crippen molar-refractivity contribution in [2.75, 3.05) is 37.8 Å². The van der Waals surface area contributed by atoms with E-state index in [4.69, 9.17) is 5.73 Å². The summed E-state index contributed by atoms with van der Waals surface area (Å²) in [6, 6.07) is 7.84. The Labute approximate surface area is 109 Å². The fourth-order valence-corrected chi connectivity index (χ4v) is 1.87. The van der Waals surface area contributed by atoms with Crippen LogP contribution in [0.4, 0.5) is 11.4 Å². The average molecular weight is 249 g/mol. The highest BCUT2D eigenvalue weighted by Crippen LogP contribution is 2.22. The molecule has 100 valence electrons. The number of amides is 1. The molecule has 1 rings (SSSR count). The lowest BCUT2D eigenvalue weighted by atomic mass is 10.2. The number of nitrogens with zero attached hydrogens (tertiary/aromatic N) is 2. The molecule has 0 fully saturated rings. The fraction of sp³-hybridized carbons (Fsp3) is 0.500. The number of hydrogen-bond donors (Lipinski definition) is 1. The number of carbonyl (C=O) groups excluding carboxylic acids is 1. The van der Waals surface area contributed by atoms with Gasteiger partial charge in [0.05, 0.1) is 11.4 Å². The number of benzene rings is 1. The number of carbonyl (C=O) groups is 1. The Hall–Kier alpha value is -1.71. The number of para-hydroxylation sites is 2. The van der Waals surface area contributed by atoms with Crippen molar-refractivity contribution in [1.29, 1.82) is 0 Å². The molecule has 0 aliphatic rings. The number of nitrogen functional groups attached to an aromatic ring is 1. The Morgan fingerprint density at radius 3 is 2.50 bits per heavy atom. The molecule has 0 aromatic heterocycles. The van der Waals surface area contributed by atoms with E-state index in [0.717, 1.165) is 30.9 Å². The molecule has 0 spiro atoms. The second kappa shape index (κ2) is 6.89. The van der Waals surface area contributed by atoms with Gasteiger partial charge in [0.15, 0.2) is 0 Å². The lowest BCUT2D eigenvalue weighted by Crippen LogP contribution is -2.27. The largest absolute Gasteiger partial charge is 0.397 e. The Balaban J connectivity index is 2.53. The van der Waals surface area contributed by atoms with Crippen molar-refractivity contribution < 1.29 is 4.79 Å². The molecule has 1 aromatic rings. The van der Waals surface area contributed by atoms with Gasteiger partial charge >= 0.3 is 0 Å². The molecule has 0 unspecified atom stereocenters. The van der Waals surface area contributed by atoms with Gasteiger partial charge in [0.25, 0.3) is 0 Å². The van der Waals surface area contributed by atoms with Crippen molar-refractivity contribution in [3.63, 3.8) is 0 Å². The smallest absolute Gasteiger partial charge is 0.222 e. The summed E-state index contributed by atoms with van der Waals surface area (Å²) in [7, 11) is 3.57. The van der Waals surface area contributed by atoms with Crippen LogP contribution in [0.3, 0.4) is 0 Å². The van der Waals surface area contributed by atoms with Gasteiger partial charge in [0.1, 0.15) is 0 Å². The third-order valence-electron chi connectivity index (χ3n) is 2.98. The second-order valence-electron chi connectivity index (χ2n) is 4.53. The van der Waals surface area contributed by atoms with Crippen molar-refractivity contribution >= 4 is 17.3 Å². The summed E-state index contributed by atoms with van der Waals surface area (Å²) in [5, 5.41) is 0. The van der Waals surface area contributed by atoms with Gasteiger partial charge in [-0.1, -0.05) is 12.1 Å². The molecule has 1 amide bonds. The van der Waals surface area contributed by atoms with E-state index < -0.39 is 0 Å². The normalized spacial score (nSPS) is 10.2. The van der Waals surface area contributed by atoms with Gasteiger partial charge in [0.2, 0.25) is 5.91 Å². The van der Waals surface area contributed by atoms with E-state index in [-0.39, 0.29) is 5.91 Å². The van der Waals surface area contributed by atoms with Gasteiger partial charge in [0, 0.05) is 33.6 Å². The zero-order chi connectivity index (χ0) is 13.5. The summed E-state index contributed by atoms with van der Waals surface area (Å²) < 4.78 is 0. The van der Waals surface area contributed by atoms with E-state index in [1.54, 1.807) is 19.0 Å². The van der Waals surface area contributed by atoms with E-state index in [1.807, 2.05) is 24.3 Å². The molecule has 0 aliphatic heterocycles. The topological polar surface area (TPSA) is 49.6 Å². The molecule has 18 heavy (non-hydrogen) atoms. The minimum Gasteiger partial charge on any atom is -0.397 e. The summed E-state index contributed by atoms with van der Waals surface area (Å²) in [5.74, 6) is 0.173. The highest BCUT2D eigenvalue weighted by Gasteiger charge is 2.09. The SMILES string of the molecule is CCN(CCCC(=O)N(C)C)c1ccccc1N. The molecule has 0 heterocycles. The molecule has 0 bridgehead atoms. The minimum absolute atomic E-state index is 0.173. The van der Waals surface area contributed by atoms with Gasteiger partial charge < -0.3 is 15.5 Å². The highest BCUT2D eigenvalue weighted by atomic mass is 16.2. The fourth-order valence-electron chi connectivity index (χ4n) is 1.87. The third-order valence-corrected chi connectivity index (χ3v) is 2.98. The zero-order valence-electron chi connectivity index (χ0n) is 11.5. The van der Waals surface area contributed by atoms with Crippen LogP contribution in [-0.4, -0.2) is 38.0 Å². The first-order valence-corrected chi connectivity index (χ1v) is 6.35. The number of rotatable bonds is 6. The van der Waals surface area contributed by atoms with E-state index in [1.165, 1.54) is 0 Å². The first-order chi connectivity index (χ1) is 8.56. The van der Waals surface area contributed by atoms with Crippen LogP contribution in [0.25, 0.3) is 0 Å². The van der Waals surface area contributed by atoms with Crippen LogP contribution in [-0.2, 0) is 4.79 Å². The third kappa shape index (κ3) is 3.95. The molecular weight excluding hydrogens is 226 g/mol. The van der Waals surface area contributed by atoms with Gasteiger partial charge in [-0.05, 0) is 25.5 Å². The van der Waals surface area contributed by atoms with Crippen molar-refractivity contribution in [3.8, 4) is 0 Å². The predicted octanol–water partition coefficient (Wildman–Crippen LogP) is 1.96. The Morgan fingerprint density at radius 1 is 1.28 bits per heavy atom. The van der Waals surface area contributed by atoms with E-state index in [9.17, 15) is 4.79 Å². The molecule has 1 aromatic carbocycles.